The molecule has 1 aromatic carbocycles. The number of phenolic OH excluding ortho intramolecular Hbond substituents is 2. The number of phenols is 2. The lowest BCUT2D eigenvalue weighted by molar-refractivity contribution is 0.405. The number of rotatable bonds is 0. The summed E-state index contributed by atoms with van der Waals surface area (Å²) in [6.45, 7) is 4.00. The summed E-state index contributed by atoms with van der Waals surface area (Å²) in [4.78, 5) is 11.5. The molecule has 0 aliphatic carbocycles. The van der Waals surface area contributed by atoms with Crippen molar-refractivity contribution in [2.24, 2.45) is 7.05 Å². The molecule has 88 valence electrons. The molecular formula is C10H12ClNO3S. The van der Waals surface area contributed by atoms with Gasteiger partial charge in [-0.15, -0.1) is 0 Å². The topological polar surface area (TPSA) is 62.5 Å². The van der Waals surface area contributed by atoms with E-state index in [1.165, 1.54) is 10.0 Å². The molecule has 2 aromatic rings. The van der Waals surface area contributed by atoms with E-state index in [-0.39, 0.29) is 21.7 Å². The molecule has 2 N–H and O–H groups in total. The van der Waals surface area contributed by atoms with Gasteiger partial charge in [-0.05, 0) is 0 Å². The maximum Gasteiger partial charge on any atom is 0.269 e. The molecule has 2 rings (SSSR count). The third-order valence-electron chi connectivity index (χ3n) is 1.92. The molecule has 0 bridgehead atoms. The van der Waals surface area contributed by atoms with Crippen LogP contribution in [0.3, 0.4) is 0 Å². The van der Waals surface area contributed by atoms with E-state index < -0.39 is 5.75 Å². The van der Waals surface area contributed by atoms with Crippen LogP contribution >= 0.6 is 23.1 Å². The van der Waals surface area contributed by atoms with Gasteiger partial charge in [0.2, 0.25) is 0 Å². The van der Waals surface area contributed by atoms with Crippen LogP contribution in [0.5, 0.6) is 11.5 Å². The molecule has 0 saturated heterocycles. The molecule has 0 spiro atoms. The fraction of sp³-hybridized carbons (Fsp3) is 0.300. The number of aryl methyl sites for hydroxylation is 1. The van der Waals surface area contributed by atoms with Crippen LogP contribution < -0.4 is 5.56 Å². The number of fused-ring (bicyclic) bond motifs is 1. The van der Waals surface area contributed by atoms with Crippen molar-refractivity contribution in [3.63, 3.8) is 0 Å². The lowest BCUT2D eigenvalue weighted by Gasteiger charge is -1.99. The summed E-state index contributed by atoms with van der Waals surface area (Å²) >= 11 is 6.90. The van der Waals surface area contributed by atoms with Crippen molar-refractivity contribution in [1.82, 2.24) is 3.96 Å². The smallest absolute Gasteiger partial charge is 0.269 e. The Labute approximate surface area is 101 Å². The van der Waals surface area contributed by atoms with Crippen LogP contribution in [-0.2, 0) is 7.05 Å². The third-order valence-corrected chi connectivity index (χ3v) is 3.25. The van der Waals surface area contributed by atoms with Crippen molar-refractivity contribution in [2.75, 3.05) is 0 Å². The molecule has 0 aliphatic heterocycles. The standard InChI is InChI=1S/C8H6ClNO3S.C2H6/c1-10-8(13)5-4(14-10)2-3(11)7(12)6(5)9;1-2/h2,11-12H,1H3;1-2H3. The molecule has 0 saturated carbocycles. The van der Waals surface area contributed by atoms with Gasteiger partial charge in [0.15, 0.2) is 11.5 Å². The largest absolute Gasteiger partial charge is 0.504 e. The Morgan fingerprint density at radius 2 is 1.94 bits per heavy atom. The van der Waals surface area contributed by atoms with Gasteiger partial charge in [0, 0.05) is 13.1 Å². The molecule has 1 heterocycles. The van der Waals surface area contributed by atoms with E-state index >= 15 is 0 Å². The summed E-state index contributed by atoms with van der Waals surface area (Å²) in [6, 6.07) is 1.32. The summed E-state index contributed by atoms with van der Waals surface area (Å²) in [7, 11) is 1.59. The number of hydrogen-bond acceptors (Lipinski definition) is 4. The van der Waals surface area contributed by atoms with E-state index in [0.717, 1.165) is 11.5 Å². The van der Waals surface area contributed by atoms with Gasteiger partial charge in [-0.2, -0.15) is 0 Å². The maximum atomic E-state index is 11.5. The molecule has 0 radical (unpaired) electrons. The predicted octanol–water partition coefficient (Wildman–Crippen LogP) is 2.69. The zero-order chi connectivity index (χ0) is 12.5. The Morgan fingerprint density at radius 1 is 1.38 bits per heavy atom. The van der Waals surface area contributed by atoms with E-state index in [1.807, 2.05) is 13.8 Å². The van der Waals surface area contributed by atoms with Crippen LogP contribution in [-0.4, -0.2) is 14.2 Å². The van der Waals surface area contributed by atoms with Crippen molar-refractivity contribution >= 4 is 33.2 Å². The zero-order valence-electron chi connectivity index (χ0n) is 9.11. The first-order chi connectivity index (χ1) is 7.52. The van der Waals surface area contributed by atoms with E-state index in [1.54, 1.807) is 7.05 Å². The van der Waals surface area contributed by atoms with Gasteiger partial charge in [-0.25, -0.2) is 0 Å². The quantitative estimate of drug-likeness (QED) is 0.717. The van der Waals surface area contributed by atoms with Crippen molar-refractivity contribution in [2.45, 2.75) is 13.8 Å². The highest BCUT2D eigenvalue weighted by Crippen LogP contribution is 2.39. The molecule has 0 amide bonds. The molecule has 0 aliphatic rings. The fourth-order valence-corrected chi connectivity index (χ4v) is 2.47. The highest BCUT2D eigenvalue weighted by atomic mass is 35.5. The first kappa shape index (κ1) is 12.9. The van der Waals surface area contributed by atoms with E-state index in [9.17, 15) is 15.0 Å². The minimum Gasteiger partial charge on any atom is -0.504 e. The summed E-state index contributed by atoms with van der Waals surface area (Å²) < 4.78 is 1.94. The summed E-state index contributed by atoms with van der Waals surface area (Å²) in [5, 5.41) is 18.7. The number of benzene rings is 1. The van der Waals surface area contributed by atoms with Crippen molar-refractivity contribution in [3.05, 3.63) is 21.4 Å². The molecule has 6 heteroatoms. The minimum atomic E-state index is -0.449. The number of halogens is 1. The summed E-state index contributed by atoms with van der Waals surface area (Å²) in [6.07, 6.45) is 0. The average molecular weight is 262 g/mol. The first-order valence-electron chi connectivity index (χ1n) is 4.73. The van der Waals surface area contributed by atoms with Crippen LogP contribution in [0.1, 0.15) is 13.8 Å². The fourth-order valence-electron chi connectivity index (χ4n) is 1.22. The van der Waals surface area contributed by atoms with Gasteiger partial charge in [-0.3, -0.25) is 8.75 Å². The third kappa shape index (κ3) is 1.88. The van der Waals surface area contributed by atoms with E-state index in [0.29, 0.717) is 4.70 Å². The Morgan fingerprint density at radius 3 is 2.50 bits per heavy atom. The lowest BCUT2D eigenvalue weighted by Crippen LogP contribution is -2.07. The van der Waals surface area contributed by atoms with Gasteiger partial charge in [0.25, 0.3) is 5.56 Å². The molecule has 16 heavy (non-hydrogen) atoms. The molecule has 0 atom stereocenters. The van der Waals surface area contributed by atoms with Gasteiger partial charge in [0.05, 0.1) is 10.1 Å². The molecule has 1 aromatic heterocycles. The SMILES string of the molecule is CC.Cn1sc2cc(O)c(O)c(Cl)c2c1=O. The molecule has 4 nitrogen and oxygen atoms in total. The number of aromatic nitrogens is 1. The predicted molar refractivity (Wildman–Crippen MR) is 66.8 cm³/mol. The Bertz CT molecular complexity index is 573. The van der Waals surface area contributed by atoms with Gasteiger partial charge in [-0.1, -0.05) is 37.0 Å². The Balaban J connectivity index is 0.000000606. The van der Waals surface area contributed by atoms with Crippen LogP contribution in [0.2, 0.25) is 5.02 Å². The number of aromatic hydroxyl groups is 2. The second-order valence-electron chi connectivity index (χ2n) is 2.83. The van der Waals surface area contributed by atoms with Gasteiger partial charge < -0.3 is 10.2 Å². The van der Waals surface area contributed by atoms with Crippen LogP contribution in [0.15, 0.2) is 10.9 Å². The number of hydrogen-bond donors (Lipinski definition) is 2. The maximum absolute atomic E-state index is 11.5. The highest BCUT2D eigenvalue weighted by molar-refractivity contribution is 7.14. The van der Waals surface area contributed by atoms with E-state index in [4.69, 9.17) is 11.6 Å². The minimum absolute atomic E-state index is 0.0955. The lowest BCUT2D eigenvalue weighted by atomic mass is 10.2. The second kappa shape index (κ2) is 4.76. The Kier molecular flexibility index (Phi) is 3.83. The van der Waals surface area contributed by atoms with Crippen molar-refractivity contribution < 1.29 is 10.2 Å². The van der Waals surface area contributed by atoms with Crippen LogP contribution in [0, 0.1) is 0 Å². The van der Waals surface area contributed by atoms with Gasteiger partial charge >= 0.3 is 0 Å². The molecular weight excluding hydrogens is 250 g/mol. The first-order valence-corrected chi connectivity index (χ1v) is 5.88. The van der Waals surface area contributed by atoms with E-state index in [2.05, 4.69) is 0 Å². The van der Waals surface area contributed by atoms with Crippen molar-refractivity contribution in [3.8, 4) is 11.5 Å². The number of nitrogens with zero attached hydrogens (tertiary/aromatic N) is 1. The normalized spacial score (nSPS) is 10.0. The van der Waals surface area contributed by atoms with Crippen LogP contribution in [0.25, 0.3) is 10.1 Å². The van der Waals surface area contributed by atoms with Crippen molar-refractivity contribution in [1.29, 1.82) is 0 Å². The highest BCUT2D eigenvalue weighted by Gasteiger charge is 2.15. The molecule has 0 fully saturated rings. The average Bonchev–Trinajstić information content (AvgIpc) is 2.54. The zero-order valence-corrected chi connectivity index (χ0v) is 10.7. The summed E-state index contributed by atoms with van der Waals surface area (Å²) in [5.41, 5.74) is -0.273. The second-order valence-corrected chi connectivity index (χ2v) is 4.37. The molecule has 0 unspecified atom stereocenters. The summed E-state index contributed by atoms with van der Waals surface area (Å²) in [5.74, 6) is -0.765. The monoisotopic (exact) mass is 261 g/mol. The van der Waals surface area contributed by atoms with Gasteiger partial charge in [0.1, 0.15) is 5.02 Å². The van der Waals surface area contributed by atoms with Crippen LogP contribution in [0.4, 0.5) is 0 Å². The Hall–Kier alpha value is -1.20.